The highest BCUT2D eigenvalue weighted by molar-refractivity contribution is 5.87. The molecular formula is C13H16N2O2. The van der Waals surface area contributed by atoms with E-state index in [9.17, 15) is 10.2 Å². The SMILES string of the molecule is C.Nc1cc(-c2ccccc2)c(N)c(O)c1O. The number of rotatable bonds is 1. The topological polar surface area (TPSA) is 92.5 Å². The smallest absolute Gasteiger partial charge is 0.183 e. The van der Waals surface area contributed by atoms with E-state index in [0.717, 1.165) is 5.56 Å². The Kier molecular flexibility index (Phi) is 3.48. The summed E-state index contributed by atoms with van der Waals surface area (Å²) in [5.74, 6) is -0.754. The summed E-state index contributed by atoms with van der Waals surface area (Å²) in [7, 11) is 0. The second kappa shape index (κ2) is 4.65. The lowest BCUT2D eigenvalue weighted by Crippen LogP contribution is -1.95. The Balaban J connectivity index is 0.00000144. The maximum atomic E-state index is 9.57. The quantitative estimate of drug-likeness (QED) is 0.449. The van der Waals surface area contributed by atoms with Crippen molar-refractivity contribution in [2.45, 2.75) is 7.43 Å². The van der Waals surface area contributed by atoms with E-state index >= 15 is 0 Å². The zero-order valence-electron chi connectivity index (χ0n) is 8.51. The van der Waals surface area contributed by atoms with Gasteiger partial charge < -0.3 is 21.7 Å². The van der Waals surface area contributed by atoms with Crippen LogP contribution in [0.1, 0.15) is 7.43 Å². The van der Waals surface area contributed by atoms with Crippen molar-refractivity contribution < 1.29 is 10.2 Å². The van der Waals surface area contributed by atoms with Crippen LogP contribution >= 0.6 is 0 Å². The van der Waals surface area contributed by atoms with Gasteiger partial charge in [-0.15, -0.1) is 0 Å². The third-order valence-corrected chi connectivity index (χ3v) is 2.43. The molecule has 0 aliphatic carbocycles. The van der Waals surface area contributed by atoms with Gasteiger partial charge in [-0.05, 0) is 11.6 Å². The summed E-state index contributed by atoms with van der Waals surface area (Å²) in [6.07, 6.45) is 0. The Bertz CT molecular complexity index is 525. The predicted octanol–water partition coefficient (Wildman–Crippen LogP) is 2.57. The molecule has 0 aliphatic rings. The number of anilines is 2. The fourth-order valence-corrected chi connectivity index (χ4v) is 1.55. The highest BCUT2D eigenvalue weighted by Gasteiger charge is 2.13. The molecule has 0 aliphatic heterocycles. The molecule has 4 heteroatoms. The number of phenolic OH excluding ortho intramolecular Hbond substituents is 2. The first-order valence-corrected chi connectivity index (χ1v) is 4.76. The minimum Gasteiger partial charge on any atom is -0.503 e. The molecule has 0 heterocycles. The lowest BCUT2D eigenvalue weighted by atomic mass is 10.0. The number of nitrogens with two attached hydrogens (primary N) is 2. The molecule has 2 aromatic rings. The number of hydrogen-bond acceptors (Lipinski definition) is 4. The average Bonchev–Trinajstić information content (AvgIpc) is 2.32. The number of aromatic hydroxyl groups is 2. The second-order valence-electron chi connectivity index (χ2n) is 3.49. The maximum Gasteiger partial charge on any atom is 0.183 e. The Labute approximate surface area is 100 Å². The van der Waals surface area contributed by atoms with Crippen LogP contribution in [0.5, 0.6) is 11.5 Å². The normalized spacial score (nSPS) is 9.65. The van der Waals surface area contributed by atoms with E-state index < -0.39 is 0 Å². The molecule has 17 heavy (non-hydrogen) atoms. The van der Waals surface area contributed by atoms with E-state index in [0.29, 0.717) is 5.56 Å². The van der Waals surface area contributed by atoms with Crippen LogP contribution in [0, 0.1) is 0 Å². The zero-order chi connectivity index (χ0) is 11.7. The summed E-state index contributed by atoms with van der Waals surface area (Å²) in [6.45, 7) is 0. The lowest BCUT2D eigenvalue weighted by Gasteiger charge is -2.11. The monoisotopic (exact) mass is 232 g/mol. The van der Waals surface area contributed by atoms with Gasteiger partial charge in [0.15, 0.2) is 11.5 Å². The van der Waals surface area contributed by atoms with Gasteiger partial charge in [0.2, 0.25) is 0 Å². The maximum absolute atomic E-state index is 9.57. The van der Waals surface area contributed by atoms with Crippen LogP contribution in [0.3, 0.4) is 0 Å². The Morgan fingerprint density at radius 1 is 0.882 bits per heavy atom. The van der Waals surface area contributed by atoms with Crippen molar-refractivity contribution in [3.8, 4) is 22.6 Å². The van der Waals surface area contributed by atoms with Crippen molar-refractivity contribution in [1.82, 2.24) is 0 Å². The molecule has 4 nitrogen and oxygen atoms in total. The van der Waals surface area contributed by atoms with Crippen LogP contribution in [0.15, 0.2) is 36.4 Å². The van der Waals surface area contributed by atoms with E-state index in [1.807, 2.05) is 30.3 Å². The van der Waals surface area contributed by atoms with Gasteiger partial charge in [0.05, 0.1) is 11.4 Å². The first-order chi connectivity index (χ1) is 7.61. The van der Waals surface area contributed by atoms with E-state index in [4.69, 9.17) is 11.5 Å². The van der Waals surface area contributed by atoms with Crippen molar-refractivity contribution in [1.29, 1.82) is 0 Å². The summed E-state index contributed by atoms with van der Waals surface area (Å²) in [5.41, 5.74) is 12.9. The molecular weight excluding hydrogens is 216 g/mol. The van der Waals surface area contributed by atoms with Crippen molar-refractivity contribution in [2.24, 2.45) is 0 Å². The van der Waals surface area contributed by atoms with Gasteiger partial charge >= 0.3 is 0 Å². The van der Waals surface area contributed by atoms with Crippen LogP contribution in [0.4, 0.5) is 11.4 Å². The van der Waals surface area contributed by atoms with E-state index in [2.05, 4.69) is 0 Å². The minimum absolute atomic E-state index is 0. The minimum atomic E-state index is -0.378. The summed E-state index contributed by atoms with van der Waals surface area (Å²) in [6, 6.07) is 10.8. The van der Waals surface area contributed by atoms with Gasteiger partial charge in [-0.2, -0.15) is 0 Å². The largest absolute Gasteiger partial charge is 0.503 e. The second-order valence-corrected chi connectivity index (χ2v) is 3.49. The van der Waals surface area contributed by atoms with Crippen molar-refractivity contribution >= 4 is 11.4 Å². The average molecular weight is 232 g/mol. The van der Waals surface area contributed by atoms with Gasteiger partial charge in [0.25, 0.3) is 0 Å². The molecule has 2 aromatic carbocycles. The molecule has 0 saturated carbocycles. The molecule has 90 valence electrons. The molecule has 0 aromatic heterocycles. The molecule has 6 N–H and O–H groups in total. The standard InChI is InChI=1S/C12H12N2O2.CH4/c13-9-6-8(7-4-2-1-3-5-7)10(14)12(16)11(9)15;/h1-6,15-16H,13-14H2;1H4. The molecule has 0 fully saturated rings. The molecule has 0 bridgehead atoms. The van der Waals surface area contributed by atoms with Crippen LogP contribution in [-0.4, -0.2) is 10.2 Å². The number of benzene rings is 2. The number of nitrogen functional groups attached to an aromatic ring is 2. The summed E-state index contributed by atoms with van der Waals surface area (Å²) in [4.78, 5) is 0. The molecule has 0 radical (unpaired) electrons. The van der Waals surface area contributed by atoms with Crippen LogP contribution in [0.2, 0.25) is 0 Å². The van der Waals surface area contributed by atoms with Gasteiger partial charge in [0.1, 0.15) is 0 Å². The van der Waals surface area contributed by atoms with Crippen molar-refractivity contribution in [3.63, 3.8) is 0 Å². The summed E-state index contributed by atoms with van der Waals surface area (Å²) >= 11 is 0. The van der Waals surface area contributed by atoms with E-state index in [-0.39, 0.29) is 30.3 Å². The predicted molar refractivity (Wildman–Crippen MR) is 70.8 cm³/mol. The molecule has 0 saturated heterocycles. The molecule has 0 amide bonds. The lowest BCUT2D eigenvalue weighted by molar-refractivity contribution is 0.408. The Hall–Kier alpha value is -2.36. The van der Waals surface area contributed by atoms with Crippen LogP contribution in [0.25, 0.3) is 11.1 Å². The van der Waals surface area contributed by atoms with Crippen molar-refractivity contribution in [2.75, 3.05) is 11.5 Å². The highest BCUT2D eigenvalue weighted by atomic mass is 16.3. The fraction of sp³-hybridized carbons (Fsp3) is 0.0769. The molecule has 2 rings (SSSR count). The van der Waals surface area contributed by atoms with Crippen molar-refractivity contribution in [3.05, 3.63) is 36.4 Å². The molecule has 0 unspecified atom stereocenters. The van der Waals surface area contributed by atoms with Crippen LogP contribution in [-0.2, 0) is 0 Å². The Morgan fingerprint density at radius 2 is 1.47 bits per heavy atom. The third kappa shape index (κ3) is 2.10. The van der Waals surface area contributed by atoms with Crippen LogP contribution < -0.4 is 11.5 Å². The fourth-order valence-electron chi connectivity index (χ4n) is 1.55. The number of phenols is 2. The zero-order valence-corrected chi connectivity index (χ0v) is 8.51. The first-order valence-electron chi connectivity index (χ1n) is 4.76. The van der Waals surface area contributed by atoms with Gasteiger partial charge in [-0.25, -0.2) is 0 Å². The summed E-state index contributed by atoms with van der Waals surface area (Å²) in [5, 5.41) is 19.0. The Morgan fingerprint density at radius 3 is 2.06 bits per heavy atom. The van der Waals surface area contributed by atoms with E-state index in [1.165, 1.54) is 0 Å². The molecule has 0 spiro atoms. The van der Waals surface area contributed by atoms with Gasteiger partial charge in [-0.3, -0.25) is 0 Å². The van der Waals surface area contributed by atoms with Gasteiger partial charge in [-0.1, -0.05) is 37.8 Å². The highest BCUT2D eigenvalue weighted by Crippen LogP contribution is 2.42. The number of hydrogen-bond donors (Lipinski definition) is 4. The van der Waals surface area contributed by atoms with Gasteiger partial charge in [0, 0.05) is 5.56 Å². The third-order valence-electron chi connectivity index (χ3n) is 2.43. The summed E-state index contributed by atoms with van der Waals surface area (Å²) < 4.78 is 0. The first kappa shape index (κ1) is 12.7. The molecule has 0 atom stereocenters. The van der Waals surface area contributed by atoms with E-state index in [1.54, 1.807) is 6.07 Å².